The van der Waals surface area contributed by atoms with Gasteiger partial charge in [0.15, 0.2) is 11.6 Å². The van der Waals surface area contributed by atoms with Gasteiger partial charge >= 0.3 is 0 Å². The average Bonchev–Trinajstić information content (AvgIpc) is 3.49. The van der Waals surface area contributed by atoms with Crippen LogP contribution in [0.1, 0.15) is 34.8 Å². The van der Waals surface area contributed by atoms with Gasteiger partial charge in [-0.2, -0.15) is 0 Å². The van der Waals surface area contributed by atoms with Crippen LogP contribution in [0.25, 0.3) is 10.8 Å². The first-order chi connectivity index (χ1) is 22.5. The normalized spacial score (nSPS) is 17.3. The lowest BCUT2D eigenvalue weighted by Gasteiger charge is -2.31. The molecule has 0 unspecified atom stereocenters. The molecule has 2 N–H and O–H groups in total. The second kappa shape index (κ2) is 14.2. The third-order valence-corrected chi connectivity index (χ3v) is 8.94. The van der Waals surface area contributed by atoms with Crippen molar-refractivity contribution < 1.29 is 24.1 Å². The second-order valence-corrected chi connectivity index (χ2v) is 12.0. The van der Waals surface area contributed by atoms with Crippen LogP contribution in [0.2, 0.25) is 0 Å². The number of nitrogens with zero attached hydrogens (tertiary/aromatic N) is 1. The first-order valence-corrected chi connectivity index (χ1v) is 16.0. The van der Waals surface area contributed by atoms with E-state index in [1.807, 2.05) is 97.1 Å². The number of methoxy groups -OCH3 is 1. The minimum Gasteiger partial charge on any atom is -0.497 e. The van der Waals surface area contributed by atoms with Crippen molar-refractivity contribution in [3.8, 4) is 11.5 Å². The highest BCUT2D eigenvalue weighted by molar-refractivity contribution is 9.10. The molecule has 6 rings (SSSR count). The van der Waals surface area contributed by atoms with E-state index in [2.05, 4.69) is 39.4 Å². The van der Waals surface area contributed by atoms with E-state index in [0.29, 0.717) is 37.0 Å². The van der Waals surface area contributed by atoms with Gasteiger partial charge in [0.25, 0.3) is 5.91 Å². The molecule has 1 aliphatic rings. The minimum absolute atomic E-state index is 0.0660. The van der Waals surface area contributed by atoms with E-state index < -0.39 is 11.6 Å². The highest BCUT2D eigenvalue weighted by Crippen LogP contribution is 2.44. The molecule has 0 bridgehead atoms. The fourth-order valence-electron chi connectivity index (χ4n) is 5.79. The Morgan fingerprint density at radius 2 is 1.65 bits per heavy atom. The smallest absolute Gasteiger partial charge is 0.252 e. The Kier molecular flexibility index (Phi) is 9.66. The maximum Gasteiger partial charge on any atom is 0.252 e. The van der Waals surface area contributed by atoms with Crippen LogP contribution in [0, 0.1) is 0 Å². The number of ether oxygens (including phenoxy) is 3. The zero-order chi connectivity index (χ0) is 31.9. The second-order valence-electron chi connectivity index (χ2n) is 11.2. The summed E-state index contributed by atoms with van der Waals surface area (Å²) in [6, 6.07) is 37.2. The number of fused-ring (bicyclic) bond motifs is 1. The number of nitrogens with one attached hydrogen (secondary N) is 1. The molecule has 0 radical (unpaired) electrons. The molecule has 5 aromatic carbocycles. The van der Waals surface area contributed by atoms with E-state index in [-0.39, 0.29) is 18.9 Å². The van der Waals surface area contributed by atoms with Gasteiger partial charge < -0.3 is 24.6 Å². The lowest BCUT2D eigenvalue weighted by Crippen LogP contribution is -2.49. The summed E-state index contributed by atoms with van der Waals surface area (Å²) in [4.78, 5) is 19.9. The van der Waals surface area contributed by atoms with E-state index >= 15 is 0 Å². The SMILES string of the molecule is COc1cccc([C@H]2OC(c3ccc(OCCCO)cc3)=N[C@@]2(Cc2ccccc2Br)C(=O)NCc2cccc3ccccc23)c1. The maximum atomic E-state index is 14.7. The molecule has 1 aliphatic heterocycles. The molecule has 2 atom stereocenters. The number of aliphatic hydroxyl groups excluding tert-OH is 1. The molecule has 8 heteroatoms. The Morgan fingerprint density at radius 1 is 0.913 bits per heavy atom. The quantitative estimate of drug-likeness (QED) is 0.136. The molecule has 46 heavy (non-hydrogen) atoms. The van der Waals surface area contributed by atoms with Crippen LogP contribution in [-0.2, 0) is 22.5 Å². The maximum absolute atomic E-state index is 14.7. The molecule has 0 aliphatic carbocycles. The fraction of sp³-hybridized carbons (Fsp3) is 0.211. The van der Waals surface area contributed by atoms with Crippen molar-refractivity contribution in [2.24, 2.45) is 4.99 Å². The number of halogens is 1. The van der Waals surface area contributed by atoms with Crippen LogP contribution >= 0.6 is 15.9 Å². The van der Waals surface area contributed by atoms with Crippen molar-refractivity contribution in [2.45, 2.75) is 31.0 Å². The highest BCUT2D eigenvalue weighted by atomic mass is 79.9. The van der Waals surface area contributed by atoms with Crippen molar-refractivity contribution in [1.82, 2.24) is 5.32 Å². The standard InChI is InChI=1S/C38H35BrN2O5/c1-44-32-14-7-12-28(23-32)35-38(24-29-10-3-5-16-34(29)39,37(43)40-25-30-13-6-11-26-9-2-4-15-33(26)30)41-36(46-35)27-17-19-31(20-18-27)45-22-8-21-42/h2-7,9-20,23,35,42H,8,21-22,24-25H2,1H3,(H,40,43)/t35-,38-/m1/s1. The van der Waals surface area contributed by atoms with Crippen LogP contribution in [0.5, 0.6) is 11.5 Å². The van der Waals surface area contributed by atoms with E-state index in [1.165, 1.54) is 0 Å². The molecular formula is C38H35BrN2O5. The lowest BCUT2D eigenvalue weighted by molar-refractivity contribution is -0.129. The van der Waals surface area contributed by atoms with E-state index in [9.17, 15) is 4.79 Å². The number of rotatable bonds is 12. The summed E-state index contributed by atoms with van der Waals surface area (Å²) < 4.78 is 18.9. The Morgan fingerprint density at radius 3 is 2.46 bits per heavy atom. The average molecular weight is 680 g/mol. The number of aliphatic imine (C=N–C) groups is 1. The predicted molar refractivity (Wildman–Crippen MR) is 183 cm³/mol. The van der Waals surface area contributed by atoms with Gasteiger partial charge in [-0.3, -0.25) is 4.79 Å². The van der Waals surface area contributed by atoms with Crippen LogP contribution in [-0.4, -0.2) is 42.8 Å². The van der Waals surface area contributed by atoms with Crippen molar-refractivity contribution in [2.75, 3.05) is 20.3 Å². The third kappa shape index (κ3) is 6.64. The minimum atomic E-state index is -1.35. The molecular weight excluding hydrogens is 644 g/mol. The summed E-state index contributed by atoms with van der Waals surface area (Å²) in [6.07, 6.45) is 0.0760. The van der Waals surface area contributed by atoms with E-state index in [4.69, 9.17) is 24.3 Å². The molecule has 1 amide bonds. The summed E-state index contributed by atoms with van der Waals surface area (Å²) in [7, 11) is 1.62. The zero-order valence-corrected chi connectivity index (χ0v) is 27.1. The van der Waals surface area contributed by atoms with Crippen molar-refractivity contribution in [1.29, 1.82) is 0 Å². The molecule has 0 aromatic heterocycles. The third-order valence-electron chi connectivity index (χ3n) is 8.16. The monoisotopic (exact) mass is 678 g/mol. The lowest BCUT2D eigenvalue weighted by atomic mass is 9.81. The first kappa shape index (κ1) is 31.3. The van der Waals surface area contributed by atoms with Gasteiger partial charge in [-0.15, -0.1) is 0 Å². The molecule has 0 fully saturated rings. The summed E-state index contributed by atoms with van der Waals surface area (Å²) in [6.45, 7) is 0.807. The van der Waals surface area contributed by atoms with Gasteiger partial charge in [-0.05, 0) is 69.9 Å². The molecule has 0 spiro atoms. The summed E-state index contributed by atoms with van der Waals surface area (Å²) in [5.74, 6) is 1.45. The fourth-order valence-corrected chi connectivity index (χ4v) is 6.22. The van der Waals surface area contributed by atoms with Gasteiger partial charge in [-0.1, -0.05) is 88.7 Å². The van der Waals surface area contributed by atoms with Crippen LogP contribution in [0.15, 0.2) is 125 Å². The molecule has 7 nitrogen and oxygen atoms in total. The predicted octanol–water partition coefficient (Wildman–Crippen LogP) is 7.19. The topological polar surface area (TPSA) is 89.4 Å². The van der Waals surface area contributed by atoms with Crippen LogP contribution in [0.3, 0.4) is 0 Å². The Bertz CT molecular complexity index is 1850. The number of benzene rings is 5. The van der Waals surface area contributed by atoms with Crippen molar-refractivity contribution in [3.05, 3.63) is 142 Å². The molecule has 234 valence electrons. The molecule has 5 aromatic rings. The molecule has 1 heterocycles. The summed E-state index contributed by atoms with van der Waals surface area (Å²) >= 11 is 3.70. The van der Waals surface area contributed by atoms with E-state index in [0.717, 1.165) is 37.5 Å². The van der Waals surface area contributed by atoms with Gasteiger partial charge in [0, 0.05) is 36.0 Å². The van der Waals surface area contributed by atoms with Gasteiger partial charge in [0.2, 0.25) is 5.90 Å². The number of hydrogen-bond donors (Lipinski definition) is 2. The summed E-state index contributed by atoms with van der Waals surface area (Å²) in [5, 5.41) is 14.5. The van der Waals surface area contributed by atoms with Crippen molar-refractivity contribution >= 4 is 38.5 Å². The van der Waals surface area contributed by atoms with Crippen LogP contribution < -0.4 is 14.8 Å². The van der Waals surface area contributed by atoms with Gasteiger partial charge in [0.05, 0.1) is 13.7 Å². The van der Waals surface area contributed by atoms with Crippen molar-refractivity contribution in [3.63, 3.8) is 0 Å². The Balaban J connectivity index is 1.42. The Hall–Kier alpha value is -4.66. The number of carbonyl (C=O) groups excluding carboxylic acids is 1. The first-order valence-electron chi connectivity index (χ1n) is 15.2. The van der Waals surface area contributed by atoms with E-state index in [1.54, 1.807) is 7.11 Å². The van der Waals surface area contributed by atoms with Gasteiger partial charge in [-0.25, -0.2) is 4.99 Å². The molecule has 0 saturated carbocycles. The Labute approximate surface area is 277 Å². The number of hydrogen-bond acceptors (Lipinski definition) is 6. The highest BCUT2D eigenvalue weighted by Gasteiger charge is 2.53. The number of carbonyl (C=O) groups is 1. The number of amides is 1. The summed E-state index contributed by atoms with van der Waals surface area (Å²) in [5.41, 5.74) is 2.08. The van der Waals surface area contributed by atoms with Crippen LogP contribution in [0.4, 0.5) is 0 Å². The zero-order valence-electron chi connectivity index (χ0n) is 25.5. The number of aliphatic hydroxyl groups is 1. The molecule has 0 saturated heterocycles. The largest absolute Gasteiger partial charge is 0.497 e. The van der Waals surface area contributed by atoms with Gasteiger partial charge in [0.1, 0.15) is 11.5 Å².